The Labute approximate surface area is 137 Å². The highest BCUT2D eigenvalue weighted by atomic mass is 35.5. The summed E-state index contributed by atoms with van der Waals surface area (Å²) in [6, 6.07) is 8.31. The summed E-state index contributed by atoms with van der Waals surface area (Å²) in [5, 5.41) is 5.38. The zero-order valence-corrected chi connectivity index (χ0v) is 14.3. The second-order valence-corrected chi connectivity index (χ2v) is 6.21. The van der Waals surface area contributed by atoms with Crippen molar-refractivity contribution in [2.75, 3.05) is 27.2 Å². The molecule has 6 heteroatoms. The maximum absolute atomic E-state index is 12.8. The summed E-state index contributed by atoms with van der Waals surface area (Å²) in [4.78, 5) is 17.0. The number of hydrogen-bond donors (Lipinski definition) is 0. The van der Waals surface area contributed by atoms with E-state index in [1.807, 2.05) is 36.2 Å². The van der Waals surface area contributed by atoms with Crippen LogP contribution in [0.1, 0.15) is 17.4 Å². The molecule has 2 atom stereocenters. The first-order valence-corrected chi connectivity index (χ1v) is 7.36. The van der Waals surface area contributed by atoms with E-state index >= 15 is 0 Å². The van der Waals surface area contributed by atoms with Crippen LogP contribution in [0.25, 0.3) is 10.9 Å². The van der Waals surface area contributed by atoms with Gasteiger partial charge in [-0.3, -0.25) is 9.48 Å². The fraction of sp³-hybridized carbons (Fsp3) is 0.500. The zero-order chi connectivity index (χ0) is 15.1. The first-order valence-electron chi connectivity index (χ1n) is 7.36. The molecule has 22 heavy (non-hydrogen) atoms. The molecule has 0 N–H and O–H groups in total. The van der Waals surface area contributed by atoms with E-state index in [1.54, 1.807) is 4.68 Å². The lowest BCUT2D eigenvalue weighted by Gasteiger charge is -2.22. The van der Waals surface area contributed by atoms with Gasteiger partial charge < -0.3 is 9.80 Å². The van der Waals surface area contributed by atoms with Gasteiger partial charge >= 0.3 is 0 Å². The van der Waals surface area contributed by atoms with Crippen LogP contribution in [-0.4, -0.2) is 58.7 Å². The average Bonchev–Trinajstić information content (AvgIpc) is 3.00. The highest BCUT2D eigenvalue weighted by molar-refractivity contribution is 6.04. The quantitative estimate of drug-likeness (QED) is 0.849. The van der Waals surface area contributed by atoms with Crippen molar-refractivity contribution in [2.24, 2.45) is 13.0 Å². The van der Waals surface area contributed by atoms with E-state index in [4.69, 9.17) is 0 Å². The van der Waals surface area contributed by atoms with Crippen LogP contribution >= 0.6 is 12.4 Å². The predicted molar refractivity (Wildman–Crippen MR) is 90.5 cm³/mol. The van der Waals surface area contributed by atoms with E-state index in [0.29, 0.717) is 17.7 Å². The van der Waals surface area contributed by atoms with Gasteiger partial charge in [0.2, 0.25) is 0 Å². The number of para-hydroxylation sites is 1. The summed E-state index contributed by atoms with van der Waals surface area (Å²) in [6.45, 7) is 3.78. The van der Waals surface area contributed by atoms with Crippen LogP contribution in [0.5, 0.6) is 0 Å². The Morgan fingerprint density at radius 3 is 2.59 bits per heavy atom. The Hall–Kier alpha value is -1.59. The molecule has 2 heterocycles. The third kappa shape index (κ3) is 2.71. The molecule has 1 saturated heterocycles. The number of nitrogens with zero attached hydrogens (tertiary/aromatic N) is 4. The van der Waals surface area contributed by atoms with E-state index in [-0.39, 0.29) is 18.3 Å². The molecule has 2 unspecified atom stereocenters. The number of aryl methyl sites for hydroxylation is 1. The lowest BCUT2D eigenvalue weighted by Crippen LogP contribution is -2.36. The first kappa shape index (κ1) is 16.8. The van der Waals surface area contributed by atoms with Crippen LogP contribution in [-0.2, 0) is 7.05 Å². The molecule has 1 amide bonds. The molecule has 0 saturated carbocycles. The number of halogens is 1. The minimum absolute atomic E-state index is 0. The Morgan fingerprint density at radius 2 is 1.95 bits per heavy atom. The summed E-state index contributed by atoms with van der Waals surface area (Å²) in [7, 11) is 6.03. The number of carbonyl (C=O) groups excluding carboxylic acids is 1. The lowest BCUT2D eigenvalue weighted by molar-refractivity contribution is 0.0776. The molecule has 1 fully saturated rings. The number of hydrogen-bond acceptors (Lipinski definition) is 3. The molecule has 5 nitrogen and oxygen atoms in total. The molecule has 0 radical (unpaired) electrons. The molecule has 0 spiro atoms. The van der Waals surface area contributed by atoms with E-state index in [1.165, 1.54) is 0 Å². The average molecular weight is 323 g/mol. The fourth-order valence-electron chi connectivity index (χ4n) is 3.31. The lowest BCUT2D eigenvalue weighted by atomic mass is 10.1. The van der Waals surface area contributed by atoms with Gasteiger partial charge in [0, 0.05) is 31.6 Å². The molecular weight excluding hydrogens is 300 g/mol. The Balaban J connectivity index is 0.00000176. The minimum Gasteiger partial charge on any atom is -0.335 e. The van der Waals surface area contributed by atoms with Crippen molar-refractivity contribution in [1.82, 2.24) is 19.6 Å². The number of rotatable bonds is 2. The normalized spacial score (nSPS) is 21.4. The number of aromatic nitrogens is 2. The summed E-state index contributed by atoms with van der Waals surface area (Å²) in [6.07, 6.45) is 0. The summed E-state index contributed by atoms with van der Waals surface area (Å²) < 4.78 is 1.78. The molecule has 120 valence electrons. The van der Waals surface area contributed by atoms with Crippen molar-refractivity contribution in [3.8, 4) is 0 Å². The molecule has 3 rings (SSSR count). The Morgan fingerprint density at radius 1 is 1.27 bits per heavy atom. The van der Waals surface area contributed by atoms with Gasteiger partial charge in [-0.1, -0.05) is 25.1 Å². The third-order valence-corrected chi connectivity index (χ3v) is 4.48. The molecule has 2 aromatic rings. The standard InChI is InChI=1S/C16H22N4O.ClH/c1-11-9-20(10-14(11)18(2)3)16(21)15-12-7-5-6-8-13(12)19(4)17-15;/h5-8,11,14H,9-10H2,1-4H3;1H. The Kier molecular flexibility index (Phi) is 4.78. The van der Waals surface area contributed by atoms with Crippen molar-refractivity contribution in [1.29, 1.82) is 0 Å². The number of fused-ring (bicyclic) bond motifs is 1. The molecule has 1 aromatic heterocycles. The second-order valence-electron chi connectivity index (χ2n) is 6.21. The zero-order valence-electron chi connectivity index (χ0n) is 13.5. The van der Waals surface area contributed by atoms with Crippen LogP contribution in [0.4, 0.5) is 0 Å². The largest absolute Gasteiger partial charge is 0.335 e. The summed E-state index contributed by atoms with van der Waals surface area (Å²) in [5.41, 5.74) is 1.57. The van der Waals surface area contributed by atoms with Gasteiger partial charge in [-0.2, -0.15) is 5.10 Å². The highest BCUT2D eigenvalue weighted by Crippen LogP contribution is 2.24. The number of carbonyl (C=O) groups is 1. The summed E-state index contributed by atoms with van der Waals surface area (Å²) in [5.74, 6) is 0.530. The highest BCUT2D eigenvalue weighted by Gasteiger charge is 2.35. The smallest absolute Gasteiger partial charge is 0.275 e. The van der Waals surface area contributed by atoms with Crippen molar-refractivity contribution in [2.45, 2.75) is 13.0 Å². The number of likely N-dealkylation sites (N-methyl/N-ethyl adjacent to an activating group) is 1. The van der Waals surface area contributed by atoms with E-state index in [0.717, 1.165) is 24.0 Å². The molecule has 1 aromatic carbocycles. The predicted octanol–water partition coefficient (Wildman–Crippen LogP) is 2.02. The van der Waals surface area contributed by atoms with Crippen LogP contribution in [0.3, 0.4) is 0 Å². The van der Waals surface area contributed by atoms with Crippen LogP contribution in [0.15, 0.2) is 24.3 Å². The molecule has 0 aliphatic carbocycles. The third-order valence-electron chi connectivity index (χ3n) is 4.48. The van der Waals surface area contributed by atoms with Gasteiger partial charge in [-0.25, -0.2) is 0 Å². The van der Waals surface area contributed by atoms with Gasteiger partial charge in [0.05, 0.1) is 5.52 Å². The van der Waals surface area contributed by atoms with Gasteiger partial charge in [0.25, 0.3) is 5.91 Å². The minimum atomic E-state index is 0. The van der Waals surface area contributed by atoms with Crippen LogP contribution < -0.4 is 0 Å². The van der Waals surface area contributed by atoms with E-state index in [2.05, 4.69) is 31.0 Å². The SMILES string of the molecule is CC1CN(C(=O)c2nn(C)c3ccccc23)CC1N(C)C.Cl. The van der Waals surface area contributed by atoms with Gasteiger partial charge in [0.15, 0.2) is 5.69 Å². The van der Waals surface area contributed by atoms with Crippen molar-refractivity contribution < 1.29 is 4.79 Å². The Bertz CT molecular complexity index is 682. The van der Waals surface area contributed by atoms with Crippen molar-refractivity contribution >= 4 is 29.2 Å². The van der Waals surface area contributed by atoms with Crippen molar-refractivity contribution in [3.05, 3.63) is 30.0 Å². The van der Waals surface area contributed by atoms with Gasteiger partial charge in [-0.15, -0.1) is 12.4 Å². The topological polar surface area (TPSA) is 41.4 Å². The van der Waals surface area contributed by atoms with Gasteiger partial charge in [0.1, 0.15) is 0 Å². The van der Waals surface area contributed by atoms with Crippen LogP contribution in [0.2, 0.25) is 0 Å². The molecule has 0 bridgehead atoms. The monoisotopic (exact) mass is 322 g/mol. The maximum atomic E-state index is 12.8. The van der Waals surface area contributed by atoms with Crippen LogP contribution in [0, 0.1) is 5.92 Å². The second kappa shape index (κ2) is 6.26. The van der Waals surface area contributed by atoms with E-state index in [9.17, 15) is 4.79 Å². The summed E-state index contributed by atoms with van der Waals surface area (Å²) >= 11 is 0. The number of amides is 1. The van der Waals surface area contributed by atoms with Gasteiger partial charge in [-0.05, 0) is 26.1 Å². The first-order chi connectivity index (χ1) is 9.99. The van der Waals surface area contributed by atoms with Crippen molar-refractivity contribution in [3.63, 3.8) is 0 Å². The number of likely N-dealkylation sites (tertiary alicyclic amines) is 1. The molecule has 1 aliphatic rings. The maximum Gasteiger partial charge on any atom is 0.275 e. The molecule has 1 aliphatic heterocycles. The van der Waals surface area contributed by atoms with E-state index < -0.39 is 0 Å². The molecular formula is C16H23ClN4O. The fourth-order valence-corrected chi connectivity index (χ4v) is 3.31. The number of benzene rings is 1.